The third-order valence-electron chi connectivity index (χ3n) is 3.78. The fraction of sp³-hybridized carbons (Fsp3) is 1.00. The van der Waals surface area contributed by atoms with E-state index in [1.165, 1.54) is 51.5 Å². The molecule has 0 aromatic heterocycles. The first-order chi connectivity index (χ1) is 8.38. The summed E-state index contributed by atoms with van der Waals surface area (Å²) in [6, 6.07) is 0.752. The summed E-state index contributed by atoms with van der Waals surface area (Å²) in [7, 11) is 0. The Morgan fingerprint density at radius 1 is 1.12 bits per heavy atom. The minimum absolute atomic E-state index is 0.752. The third kappa shape index (κ3) is 6.42. The van der Waals surface area contributed by atoms with Crippen molar-refractivity contribution in [1.29, 1.82) is 0 Å². The molecule has 1 atom stereocenters. The monoisotopic (exact) mass is 241 g/mol. The van der Waals surface area contributed by atoms with Gasteiger partial charge in [-0.15, -0.1) is 0 Å². The van der Waals surface area contributed by atoms with Crippen molar-refractivity contribution in [2.75, 3.05) is 19.8 Å². The standard InChI is InChI=1S/C15H31NO/c1-3-11-16-15(14-8-5-6-9-14)10-7-13-17-12-4-2/h14-16H,3-13H2,1-2H3. The van der Waals surface area contributed by atoms with E-state index in [1.807, 2.05) is 0 Å². The van der Waals surface area contributed by atoms with Gasteiger partial charge in [-0.1, -0.05) is 26.7 Å². The Kier molecular flexibility index (Phi) is 8.72. The highest BCUT2D eigenvalue weighted by molar-refractivity contribution is 4.80. The van der Waals surface area contributed by atoms with Crippen LogP contribution in [-0.2, 0) is 4.74 Å². The predicted octanol–water partition coefficient (Wildman–Crippen LogP) is 3.75. The molecule has 0 aromatic rings. The number of ether oxygens (including phenoxy) is 1. The molecule has 0 aliphatic heterocycles. The summed E-state index contributed by atoms with van der Waals surface area (Å²) >= 11 is 0. The molecular formula is C15H31NO. The minimum atomic E-state index is 0.752. The van der Waals surface area contributed by atoms with Crippen molar-refractivity contribution in [2.24, 2.45) is 5.92 Å². The molecule has 17 heavy (non-hydrogen) atoms. The van der Waals surface area contributed by atoms with E-state index in [1.54, 1.807) is 0 Å². The van der Waals surface area contributed by atoms with Crippen LogP contribution in [0.25, 0.3) is 0 Å². The number of hydrogen-bond acceptors (Lipinski definition) is 2. The van der Waals surface area contributed by atoms with Crippen LogP contribution in [0.4, 0.5) is 0 Å². The Morgan fingerprint density at radius 2 is 1.88 bits per heavy atom. The van der Waals surface area contributed by atoms with Crippen LogP contribution >= 0.6 is 0 Å². The molecule has 1 N–H and O–H groups in total. The molecule has 0 heterocycles. The molecule has 0 amide bonds. The van der Waals surface area contributed by atoms with E-state index in [0.717, 1.165) is 31.6 Å². The quantitative estimate of drug-likeness (QED) is 0.588. The fourth-order valence-corrected chi connectivity index (χ4v) is 2.85. The van der Waals surface area contributed by atoms with Gasteiger partial charge < -0.3 is 10.1 Å². The molecular weight excluding hydrogens is 210 g/mol. The normalized spacial score (nSPS) is 18.7. The highest BCUT2D eigenvalue weighted by Crippen LogP contribution is 2.29. The van der Waals surface area contributed by atoms with Crippen molar-refractivity contribution in [3.05, 3.63) is 0 Å². The first-order valence-electron chi connectivity index (χ1n) is 7.69. The topological polar surface area (TPSA) is 21.3 Å². The Bertz CT molecular complexity index is 166. The number of nitrogens with one attached hydrogen (secondary N) is 1. The lowest BCUT2D eigenvalue weighted by Crippen LogP contribution is -2.35. The van der Waals surface area contributed by atoms with Crippen molar-refractivity contribution in [1.82, 2.24) is 5.32 Å². The zero-order chi connectivity index (χ0) is 12.3. The van der Waals surface area contributed by atoms with Gasteiger partial charge in [0.2, 0.25) is 0 Å². The van der Waals surface area contributed by atoms with Crippen molar-refractivity contribution < 1.29 is 4.74 Å². The minimum Gasteiger partial charge on any atom is -0.381 e. The first-order valence-corrected chi connectivity index (χ1v) is 7.69. The van der Waals surface area contributed by atoms with E-state index in [2.05, 4.69) is 19.2 Å². The molecule has 0 radical (unpaired) electrons. The van der Waals surface area contributed by atoms with Gasteiger partial charge in [0.25, 0.3) is 0 Å². The van der Waals surface area contributed by atoms with Gasteiger partial charge in [-0.3, -0.25) is 0 Å². The lowest BCUT2D eigenvalue weighted by molar-refractivity contribution is 0.126. The lowest BCUT2D eigenvalue weighted by atomic mass is 9.94. The molecule has 0 aromatic carbocycles. The van der Waals surface area contributed by atoms with Gasteiger partial charge in [-0.2, -0.15) is 0 Å². The average molecular weight is 241 g/mol. The van der Waals surface area contributed by atoms with E-state index in [-0.39, 0.29) is 0 Å². The lowest BCUT2D eigenvalue weighted by Gasteiger charge is -2.24. The Hall–Kier alpha value is -0.0800. The summed E-state index contributed by atoms with van der Waals surface area (Å²) in [5.41, 5.74) is 0. The molecule has 0 saturated heterocycles. The van der Waals surface area contributed by atoms with Crippen molar-refractivity contribution in [2.45, 2.75) is 71.3 Å². The van der Waals surface area contributed by atoms with E-state index in [0.29, 0.717) is 0 Å². The highest BCUT2D eigenvalue weighted by Gasteiger charge is 2.23. The van der Waals surface area contributed by atoms with E-state index in [4.69, 9.17) is 4.74 Å². The molecule has 1 aliphatic carbocycles. The van der Waals surface area contributed by atoms with Crippen molar-refractivity contribution in [3.63, 3.8) is 0 Å². The van der Waals surface area contributed by atoms with E-state index < -0.39 is 0 Å². The molecule has 1 saturated carbocycles. The van der Waals surface area contributed by atoms with Gasteiger partial charge in [0.1, 0.15) is 0 Å². The second-order valence-electron chi connectivity index (χ2n) is 5.36. The van der Waals surface area contributed by atoms with Crippen LogP contribution in [0.5, 0.6) is 0 Å². The smallest absolute Gasteiger partial charge is 0.0466 e. The molecule has 2 nitrogen and oxygen atoms in total. The van der Waals surface area contributed by atoms with Gasteiger partial charge in [-0.25, -0.2) is 0 Å². The second-order valence-corrected chi connectivity index (χ2v) is 5.36. The van der Waals surface area contributed by atoms with Gasteiger partial charge >= 0.3 is 0 Å². The highest BCUT2D eigenvalue weighted by atomic mass is 16.5. The zero-order valence-electron chi connectivity index (χ0n) is 11.8. The maximum absolute atomic E-state index is 5.57. The summed E-state index contributed by atoms with van der Waals surface area (Å²) in [4.78, 5) is 0. The first kappa shape index (κ1) is 15.0. The SMILES string of the molecule is CCCNC(CCCOCCC)C1CCCC1. The summed E-state index contributed by atoms with van der Waals surface area (Å²) in [6.45, 7) is 7.48. The summed E-state index contributed by atoms with van der Waals surface area (Å²) in [5.74, 6) is 0.938. The van der Waals surface area contributed by atoms with Crippen LogP contribution in [0.2, 0.25) is 0 Å². The van der Waals surface area contributed by atoms with Gasteiger partial charge in [-0.05, 0) is 51.0 Å². The van der Waals surface area contributed by atoms with Gasteiger partial charge in [0.05, 0.1) is 0 Å². The zero-order valence-corrected chi connectivity index (χ0v) is 11.8. The van der Waals surface area contributed by atoms with Crippen molar-refractivity contribution >= 4 is 0 Å². The second kappa shape index (κ2) is 9.90. The maximum Gasteiger partial charge on any atom is 0.0466 e. The van der Waals surface area contributed by atoms with Gasteiger partial charge in [0, 0.05) is 19.3 Å². The summed E-state index contributed by atoms with van der Waals surface area (Å²) < 4.78 is 5.57. The molecule has 2 heteroatoms. The molecule has 1 rings (SSSR count). The van der Waals surface area contributed by atoms with Crippen LogP contribution in [0, 0.1) is 5.92 Å². The number of rotatable bonds is 10. The Labute approximate surface area is 108 Å². The van der Waals surface area contributed by atoms with E-state index in [9.17, 15) is 0 Å². The van der Waals surface area contributed by atoms with Gasteiger partial charge in [0.15, 0.2) is 0 Å². The Morgan fingerprint density at radius 3 is 2.53 bits per heavy atom. The van der Waals surface area contributed by atoms with Crippen molar-refractivity contribution in [3.8, 4) is 0 Å². The molecule has 1 unspecified atom stereocenters. The van der Waals surface area contributed by atoms with E-state index >= 15 is 0 Å². The molecule has 0 spiro atoms. The third-order valence-corrected chi connectivity index (χ3v) is 3.78. The van der Waals surface area contributed by atoms with Crippen LogP contribution < -0.4 is 5.32 Å². The van der Waals surface area contributed by atoms with Crippen LogP contribution in [-0.4, -0.2) is 25.8 Å². The maximum atomic E-state index is 5.57. The molecule has 1 aliphatic rings. The Balaban J connectivity index is 2.15. The summed E-state index contributed by atoms with van der Waals surface area (Å²) in [6.07, 6.45) is 10.7. The van der Waals surface area contributed by atoms with Crippen LogP contribution in [0.15, 0.2) is 0 Å². The average Bonchev–Trinajstić information content (AvgIpc) is 2.86. The molecule has 1 fully saturated rings. The summed E-state index contributed by atoms with van der Waals surface area (Å²) in [5, 5.41) is 3.75. The van der Waals surface area contributed by atoms with Crippen LogP contribution in [0.3, 0.4) is 0 Å². The van der Waals surface area contributed by atoms with Crippen LogP contribution in [0.1, 0.15) is 65.2 Å². The predicted molar refractivity (Wildman–Crippen MR) is 74.4 cm³/mol. The number of hydrogen-bond donors (Lipinski definition) is 1. The largest absolute Gasteiger partial charge is 0.381 e. The molecule has 102 valence electrons. The molecule has 0 bridgehead atoms. The fourth-order valence-electron chi connectivity index (χ4n) is 2.85.